The highest BCUT2D eigenvalue weighted by Gasteiger charge is 2.50. The summed E-state index contributed by atoms with van der Waals surface area (Å²) < 4.78 is 24.5. The van der Waals surface area contributed by atoms with Gasteiger partial charge >= 0.3 is 11.9 Å². The molecular weight excluding hydrogens is 413 g/mol. The Morgan fingerprint density at radius 1 is 0.781 bits per heavy atom. The molecule has 186 valence electrons. The summed E-state index contributed by atoms with van der Waals surface area (Å²) in [5.74, 6) is -3.34. The van der Waals surface area contributed by atoms with Crippen molar-refractivity contribution in [3.63, 3.8) is 0 Å². The number of hydrogen-bond donors (Lipinski definition) is 1. The van der Waals surface area contributed by atoms with E-state index in [2.05, 4.69) is 12.2 Å². The van der Waals surface area contributed by atoms with E-state index >= 15 is 0 Å². The maximum Gasteiger partial charge on any atom is 0.344 e. The Hall–Kier alpha value is -1.92. The number of halogens is 1. The van der Waals surface area contributed by atoms with E-state index in [0.29, 0.717) is 6.42 Å². The van der Waals surface area contributed by atoms with Crippen LogP contribution in [-0.4, -0.2) is 36.6 Å². The number of carbonyl (C=O) groups excluding carboxylic acids is 3. The summed E-state index contributed by atoms with van der Waals surface area (Å²) in [5.41, 5.74) is -2.21. The third kappa shape index (κ3) is 12.8. The highest BCUT2D eigenvalue weighted by molar-refractivity contribution is 6.08. The van der Waals surface area contributed by atoms with E-state index in [0.717, 1.165) is 26.2 Å². The van der Waals surface area contributed by atoms with E-state index in [1.807, 2.05) is 0 Å². The van der Waals surface area contributed by atoms with Gasteiger partial charge in [-0.2, -0.15) is 0 Å². The first kappa shape index (κ1) is 30.1. The van der Waals surface area contributed by atoms with Gasteiger partial charge in [0, 0.05) is 13.3 Å². The predicted molar refractivity (Wildman–Crippen MR) is 125 cm³/mol. The van der Waals surface area contributed by atoms with E-state index < -0.39 is 35.6 Å². The van der Waals surface area contributed by atoms with E-state index in [4.69, 9.17) is 9.47 Å². The molecule has 0 aliphatic carbocycles. The fourth-order valence-corrected chi connectivity index (χ4v) is 3.58. The molecule has 0 rings (SSSR count). The van der Waals surface area contributed by atoms with Gasteiger partial charge in [-0.25, -0.2) is 14.0 Å². The number of esters is 2. The molecule has 0 unspecified atom stereocenters. The summed E-state index contributed by atoms with van der Waals surface area (Å²) in [6.07, 6.45) is 14.5. The van der Waals surface area contributed by atoms with Crippen LogP contribution in [0.4, 0.5) is 4.39 Å². The lowest BCUT2D eigenvalue weighted by Gasteiger charge is -2.29. The van der Waals surface area contributed by atoms with Gasteiger partial charge in [-0.1, -0.05) is 77.2 Å². The maximum absolute atomic E-state index is 14.6. The third-order valence-electron chi connectivity index (χ3n) is 5.24. The molecule has 0 atom stereocenters. The number of rotatable bonds is 19. The van der Waals surface area contributed by atoms with Gasteiger partial charge in [-0.3, -0.25) is 4.79 Å². The summed E-state index contributed by atoms with van der Waals surface area (Å²) in [6.45, 7) is 6.50. The van der Waals surface area contributed by atoms with E-state index in [9.17, 15) is 18.8 Å². The van der Waals surface area contributed by atoms with Crippen LogP contribution >= 0.6 is 0 Å². The van der Waals surface area contributed by atoms with Gasteiger partial charge in [0.25, 0.3) is 0 Å². The predicted octanol–water partition coefficient (Wildman–Crippen LogP) is 5.93. The van der Waals surface area contributed by atoms with Crippen LogP contribution in [0.2, 0.25) is 0 Å². The van der Waals surface area contributed by atoms with Gasteiger partial charge in [-0.05, 0) is 26.7 Å². The molecule has 0 bridgehead atoms. The minimum absolute atomic E-state index is 0.0103. The van der Waals surface area contributed by atoms with Gasteiger partial charge in [0.05, 0.1) is 19.0 Å². The van der Waals surface area contributed by atoms with Gasteiger partial charge in [0.1, 0.15) is 0 Å². The molecule has 6 nitrogen and oxygen atoms in total. The fraction of sp³-hybridized carbons (Fsp3) is 0.800. The fourth-order valence-electron chi connectivity index (χ4n) is 3.58. The molecule has 7 heteroatoms. The molecule has 1 N–H and O–H groups in total. The summed E-state index contributed by atoms with van der Waals surface area (Å²) >= 11 is 0. The van der Waals surface area contributed by atoms with Gasteiger partial charge < -0.3 is 14.8 Å². The van der Waals surface area contributed by atoms with Crippen LogP contribution in [0.15, 0.2) is 11.9 Å². The molecule has 0 aromatic rings. The second-order valence-corrected chi connectivity index (χ2v) is 8.18. The Kier molecular flexibility index (Phi) is 17.5. The van der Waals surface area contributed by atoms with E-state index in [-0.39, 0.29) is 13.2 Å². The molecule has 0 saturated carbocycles. The summed E-state index contributed by atoms with van der Waals surface area (Å²) in [7, 11) is 0. The van der Waals surface area contributed by atoms with Crippen LogP contribution in [0, 0.1) is 0 Å². The highest BCUT2D eigenvalue weighted by Crippen LogP contribution is 2.23. The van der Waals surface area contributed by atoms with Crippen molar-refractivity contribution < 1.29 is 28.2 Å². The lowest BCUT2D eigenvalue weighted by Crippen LogP contribution is -2.61. The summed E-state index contributed by atoms with van der Waals surface area (Å²) in [5, 5.41) is 2.27. The van der Waals surface area contributed by atoms with Crippen molar-refractivity contribution in [2.75, 3.05) is 13.2 Å². The monoisotopic (exact) mass is 457 g/mol. The number of nitrogens with one attached hydrogen (secondary N) is 1. The van der Waals surface area contributed by atoms with Gasteiger partial charge in [-0.15, -0.1) is 0 Å². The van der Waals surface area contributed by atoms with Crippen LogP contribution in [0.5, 0.6) is 0 Å². The number of amides is 1. The SMILES string of the molecule is CCCCCCCCCCCCC/C=C(/F)CC(NC(C)=O)(C(=O)OCC)C(=O)OCC. The summed E-state index contributed by atoms with van der Waals surface area (Å²) in [6, 6.07) is 0. The number of hydrogen-bond acceptors (Lipinski definition) is 5. The standard InChI is InChI=1S/C25H44FNO5/c1-5-8-9-10-11-12-13-14-15-16-17-18-19-22(26)20-25(27-21(4)28,23(29)31-6-2)24(30)32-7-3/h19H,5-18,20H2,1-4H3,(H,27,28)/b22-19+. The average molecular weight is 458 g/mol. The van der Waals surface area contributed by atoms with Crippen molar-refractivity contribution in [1.29, 1.82) is 0 Å². The normalized spacial score (nSPS) is 11.8. The van der Waals surface area contributed by atoms with Crippen LogP contribution in [0.1, 0.15) is 111 Å². The molecule has 0 saturated heterocycles. The smallest absolute Gasteiger partial charge is 0.344 e. The molecule has 0 aromatic carbocycles. The Bertz CT molecular complexity index is 559. The average Bonchev–Trinajstić information content (AvgIpc) is 2.74. The second kappa shape index (κ2) is 18.6. The summed E-state index contributed by atoms with van der Waals surface area (Å²) in [4.78, 5) is 36.7. The molecule has 1 amide bonds. The van der Waals surface area contributed by atoms with Gasteiger partial charge in [0.15, 0.2) is 0 Å². The van der Waals surface area contributed by atoms with Gasteiger partial charge in [0.2, 0.25) is 11.4 Å². The number of ether oxygens (including phenoxy) is 2. The van der Waals surface area contributed by atoms with Crippen LogP contribution < -0.4 is 5.32 Å². The number of carbonyl (C=O) groups is 3. The number of allylic oxidation sites excluding steroid dienone is 1. The molecule has 0 aliphatic rings. The van der Waals surface area contributed by atoms with Crippen molar-refractivity contribution in [2.45, 2.75) is 117 Å². The third-order valence-corrected chi connectivity index (χ3v) is 5.24. The quantitative estimate of drug-likeness (QED) is 0.148. The second-order valence-electron chi connectivity index (χ2n) is 8.18. The molecule has 0 fully saturated rings. The zero-order chi connectivity index (χ0) is 24.2. The highest BCUT2D eigenvalue weighted by atomic mass is 19.1. The maximum atomic E-state index is 14.6. The minimum Gasteiger partial charge on any atom is -0.464 e. The van der Waals surface area contributed by atoms with Crippen LogP contribution in [0.3, 0.4) is 0 Å². The minimum atomic E-state index is -2.21. The topological polar surface area (TPSA) is 81.7 Å². The Balaban J connectivity index is 4.58. The Labute approximate surface area is 193 Å². The molecular formula is C25H44FNO5. The zero-order valence-corrected chi connectivity index (χ0v) is 20.6. The van der Waals surface area contributed by atoms with E-state index in [1.54, 1.807) is 13.8 Å². The first-order valence-corrected chi connectivity index (χ1v) is 12.3. The van der Waals surface area contributed by atoms with Crippen molar-refractivity contribution in [3.8, 4) is 0 Å². The Morgan fingerprint density at radius 2 is 1.22 bits per heavy atom. The molecule has 0 aliphatic heterocycles. The lowest BCUT2D eigenvalue weighted by molar-refractivity contribution is -0.168. The van der Waals surface area contributed by atoms with Crippen molar-refractivity contribution in [2.24, 2.45) is 0 Å². The van der Waals surface area contributed by atoms with Crippen molar-refractivity contribution in [3.05, 3.63) is 11.9 Å². The molecule has 0 radical (unpaired) electrons. The van der Waals surface area contributed by atoms with Crippen molar-refractivity contribution >= 4 is 17.8 Å². The Morgan fingerprint density at radius 3 is 1.62 bits per heavy atom. The molecule has 0 aromatic heterocycles. The van der Waals surface area contributed by atoms with Crippen molar-refractivity contribution in [1.82, 2.24) is 5.32 Å². The first-order valence-electron chi connectivity index (χ1n) is 12.3. The molecule has 32 heavy (non-hydrogen) atoms. The number of unbranched alkanes of at least 4 members (excludes halogenated alkanes) is 11. The zero-order valence-electron chi connectivity index (χ0n) is 20.6. The lowest BCUT2D eigenvalue weighted by atomic mass is 9.93. The molecule has 0 spiro atoms. The largest absolute Gasteiger partial charge is 0.464 e. The molecule has 0 heterocycles. The van der Waals surface area contributed by atoms with Crippen LogP contribution in [0.25, 0.3) is 0 Å². The van der Waals surface area contributed by atoms with Crippen LogP contribution in [-0.2, 0) is 23.9 Å². The van der Waals surface area contributed by atoms with E-state index in [1.165, 1.54) is 57.4 Å². The first-order chi connectivity index (χ1) is 15.3.